The lowest BCUT2D eigenvalue weighted by Crippen LogP contribution is -2.36. The van der Waals surface area contributed by atoms with Gasteiger partial charge in [0, 0.05) is 11.8 Å². The summed E-state index contributed by atoms with van der Waals surface area (Å²) in [6.07, 6.45) is 2.79. The number of furan rings is 1. The molecule has 3 aromatic rings. The van der Waals surface area contributed by atoms with Crippen molar-refractivity contribution in [2.24, 2.45) is 0 Å². The van der Waals surface area contributed by atoms with Crippen LogP contribution in [0.2, 0.25) is 0 Å². The predicted octanol–water partition coefficient (Wildman–Crippen LogP) is 2.86. The molecule has 1 amide bonds. The summed E-state index contributed by atoms with van der Waals surface area (Å²) in [5.74, 6) is 0.916. The molecule has 2 aromatic heterocycles. The van der Waals surface area contributed by atoms with E-state index in [9.17, 15) is 4.79 Å². The van der Waals surface area contributed by atoms with Gasteiger partial charge >= 0.3 is 0 Å². The summed E-state index contributed by atoms with van der Waals surface area (Å²) >= 11 is 0. The molecule has 0 saturated carbocycles. The van der Waals surface area contributed by atoms with Gasteiger partial charge in [-0.25, -0.2) is 4.68 Å². The lowest BCUT2D eigenvalue weighted by Gasteiger charge is -2.12. The number of amides is 1. The van der Waals surface area contributed by atoms with Crippen LogP contribution < -0.4 is 10.1 Å². The predicted molar refractivity (Wildman–Crippen MR) is 88.9 cm³/mol. The number of nitrogens with one attached hydrogen (secondary N) is 1. The first-order valence-corrected chi connectivity index (χ1v) is 7.72. The number of benzene rings is 1. The Morgan fingerprint density at radius 2 is 2.08 bits per heavy atom. The third-order valence-electron chi connectivity index (χ3n) is 3.55. The Hall–Kier alpha value is -3.02. The van der Waals surface area contributed by atoms with Gasteiger partial charge in [-0.05, 0) is 38.1 Å². The summed E-state index contributed by atoms with van der Waals surface area (Å²) in [6.45, 7) is 3.92. The van der Waals surface area contributed by atoms with Gasteiger partial charge < -0.3 is 14.5 Å². The summed E-state index contributed by atoms with van der Waals surface area (Å²) in [5.41, 5.74) is 1.80. The molecule has 1 N–H and O–H groups in total. The summed E-state index contributed by atoms with van der Waals surface area (Å²) in [4.78, 5) is 12.1. The smallest absolute Gasteiger partial charge is 0.261 e. The van der Waals surface area contributed by atoms with Crippen molar-refractivity contribution in [1.82, 2.24) is 15.1 Å². The third kappa shape index (κ3) is 3.65. The molecule has 0 fully saturated rings. The molecule has 0 saturated heterocycles. The van der Waals surface area contributed by atoms with E-state index in [1.165, 1.54) is 0 Å². The molecule has 2 heterocycles. The van der Waals surface area contributed by atoms with E-state index in [0.29, 0.717) is 18.2 Å². The molecule has 0 radical (unpaired) electrons. The number of para-hydroxylation sites is 1. The molecule has 124 valence electrons. The number of carbonyl (C=O) groups is 1. The highest BCUT2D eigenvalue weighted by atomic mass is 16.5. The van der Waals surface area contributed by atoms with Crippen molar-refractivity contribution >= 4 is 5.91 Å². The molecule has 6 heteroatoms. The molecule has 0 aliphatic heterocycles. The zero-order chi connectivity index (χ0) is 16.9. The fourth-order valence-electron chi connectivity index (χ4n) is 2.23. The second kappa shape index (κ2) is 7.04. The van der Waals surface area contributed by atoms with Crippen LogP contribution in [0.4, 0.5) is 0 Å². The Morgan fingerprint density at radius 1 is 1.29 bits per heavy atom. The first kappa shape index (κ1) is 15.9. The maximum absolute atomic E-state index is 12.1. The first-order valence-electron chi connectivity index (χ1n) is 7.72. The normalized spacial score (nSPS) is 11.9. The minimum absolute atomic E-state index is 0.222. The maximum Gasteiger partial charge on any atom is 0.261 e. The zero-order valence-corrected chi connectivity index (χ0v) is 13.6. The minimum atomic E-state index is -0.655. The number of carbonyl (C=O) groups excluding carboxylic acids is 1. The molecule has 6 nitrogen and oxygen atoms in total. The number of nitrogens with zero attached hydrogens (tertiary/aromatic N) is 2. The van der Waals surface area contributed by atoms with Crippen LogP contribution in [0.25, 0.3) is 5.69 Å². The number of rotatable bonds is 6. The topological polar surface area (TPSA) is 69.3 Å². The van der Waals surface area contributed by atoms with Crippen molar-refractivity contribution in [2.45, 2.75) is 26.5 Å². The Labute approximate surface area is 140 Å². The van der Waals surface area contributed by atoms with Crippen molar-refractivity contribution in [1.29, 1.82) is 0 Å². The third-order valence-corrected chi connectivity index (χ3v) is 3.55. The monoisotopic (exact) mass is 325 g/mol. The van der Waals surface area contributed by atoms with E-state index in [1.807, 2.05) is 43.5 Å². The molecule has 3 rings (SSSR count). The van der Waals surface area contributed by atoms with Crippen molar-refractivity contribution in [3.8, 4) is 11.6 Å². The fourth-order valence-corrected chi connectivity index (χ4v) is 2.23. The molecule has 0 aliphatic rings. The minimum Gasteiger partial charge on any atom is -0.467 e. The number of aromatic nitrogens is 2. The SMILES string of the molecule is Cc1cn(-c2ccccc2)nc1OC(C)C(=O)NCc1ccco1. The van der Waals surface area contributed by atoms with Crippen molar-refractivity contribution in [3.63, 3.8) is 0 Å². The Bertz CT molecular complexity index is 794. The quantitative estimate of drug-likeness (QED) is 0.756. The van der Waals surface area contributed by atoms with Crippen LogP contribution in [-0.4, -0.2) is 21.8 Å². The number of hydrogen-bond acceptors (Lipinski definition) is 4. The Kier molecular flexibility index (Phi) is 4.65. The first-order chi connectivity index (χ1) is 11.6. The van der Waals surface area contributed by atoms with E-state index in [2.05, 4.69) is 10.4 Å². The summed E-state index contributed by atoms with van der Waals surface area (Å²) in [5, 5.41) is 7.18. The molecule has 0 bridgehead atoms. The van der Waals surface area contributed by atoms with Gasteiger partial charge in [-0.3, -0.25) is 4.79 Å². The number of ether oxygens (including phenoxy) is 1. The van der Waals surface area contributed by atoms with Crippen LogP contribution >= 0.6 is 0 Å². The molecule has 0 aliphatic carbocycles. The average Bonchev–Trinajstić information content (AvgIpc) is 3.24. The second-order valence-corrected chi connectivity index (χ2v) is 5.45. The second-order valence-electron chi connectivity index (χ2n) is 5.45. The molecular formula is C18H19N3O3. The van der Waals surface area contributed by atoms with E-state index in [0.717, 1.165) is 11.3 Å². The van der Waals surface area contributed by atoms with Gasteiger partial charge in [-0.2, -0.15) is 0 Å². The molecule has 0 spiro atoms. The van der Waals surface area contributed by atoms with Gasteiger partial charge in [-0.15, -0.1) is 5.10 Å². The molecule has 1 unspecified atom stereocenters. The summed E-state index contributed by atoms with van der Waals surface area (Å²) in [7, 11) is 0. The van der Waals surface area contributed by atoms with Crippen LogP contribution in [0.5, 0.6) is 5.88 Å². The zero-order valence-electron chi connectivity index (χ0n) is 13.6. The van der Waals surface area contributed by atoms with Crippen molar-refractivity contribution < 1.29 is 13.9 Å². The van der Waals surface area contributed by atoms with Crippen molar-refractivity contribution in [3.05, 3.63) is 66.2 Å². The molecule has 24 heavy (non-hydrogen) atoms. The van der Waals surface area contributed by atoms with Crippen molar-refractivity contribution in [2.75, 3.05) is 0 Å². The van der Waals surface area contributed by atoms with Gasteiger partial charge in [0.1, 0.15) is 5.76 Å². The molecular weight excluding hydrogens is 306 g/mol. The van der Waals surface area contributed by atoms with Gasteiger partial charge in [0.2, 0.25) is 5.88 Å². The fraction of sp³-hybridized carbons (Fsp3) is 0.222. The number of aryl methyl sites for hydroxylation is 1. The van der Waals surface area contributed by atoms with Crippen LogP contribution in [0.3, 0.4) is 0 Å². The van der Waals surface area contributed by atoms with Crippen LogP contribution in [0, 0.1) is 6.92 Å². The molecule has 1 atom stereocenters. The highest BCUT2D eigenvalue weighted by molar-refractivity contribution is 5.80. The largest absolute Gasteiger partial charge is 0.467 e. The van der Waals surface area contributed by atoms with Crippen LogP contribution in [-0.2, 0) is 11.3 Å². The highest BCUT2D eigenvalue weighted by Gasteiger charge is 2.18. The van der Waals surface area contributed by atoms with Crippen LogP contribution in [0.1, 0.15) is 18.2 Å². The lowest BCUT2D eigenvalue weighted by molar-refractivity contribution is -0.127. The summed E-state index contributed by atoms with van der Waals surface area (Å²) < 4.78 is 12.6. The Balaban J connectivity index is 1.62. The van der Waals surface area contributed by atoms with Gasteiger partial charge in [-0.1, -0.05) is 18.2 Å². The van der Waals surface area contributed by atoms with E-state index in [1.54, 1.807) is 30.0 Å². The van der Waals surface area contributed by atoms with E-state index in [-0.39, 0.29) is 5.91 Å². The maximum atomic E-state index is 12.1. The van der Waals surface area contributed by atoms with Gasteiger partial charge in [0.15, 0.2) is 6.10 Å². The summed E-state index contributed by atoms with van der Waals surface area (Å²) in [6, 6.07) is 13.3. The standard InChI is InChI=1S/C18H19N3O3/c1-13-12-21(15-7-4-3-5-8-15)20-18(13)24-14(2)17(22)19-11-16-9-6-10-23-16/h3-10,12,14H,11H2,1-2H3,(H,19,22). The average molecular weight is 325 g/mol. The lowest BCUT2D eigenvalue weighted by atomic mass is 10.3. The number of hydrogen-bond donors (Lipinski definition) is 1. The molecule has 1 aromatic carbocycles. The van der Waals surface area contributed by atoms with Crippen LogP contribution in [0.15, 0.2) is 59.3 Å². The van der Waals surface area contributed by atoms with E-state index >= 15 is 0 Å². The Morgan fingerprint density at radius 3 is 2.79 bits per heavy atom. The van der Waals surface area contributed by atoms with Gasteiger partial charge in [0.25, 0.3) is 5.91 Å². The van der Waals surface area contributed by atoms with E-state index in [4.69, 9.17) is 9.15 Å². The van der Waals surface area contributed by atoms with Gasteiger partial charge in [0.05, 0.1) is 18.5 Å². The highest BCUT2D eigenvalue weighted by Crippen LogP contribution is 2.19. The van der Waals surface area contributed by atoms with E-state index < -0.39 is 6.10 Å².